The largest absolute Gasteiger partial charge is 0.312 e. The topological polar surface area (TPSA) is 58.2 Å². The number of rotatable bonds is 5. The van der Waals surface area contributed by atoms with Crippen molar-refractivity contribution in [3.8, 4) is 0 Å². The Morgan fingerprint density at radius 3 is 2.53 bits per heavy atom. The second kappa shape index (κ2) is 5.48. The van der Waals surface area contributed by atoms with Crippen LogP contribution >= 0.6 is 11.3 Å². The summed E-state index contributed by atoms with van der Waals surface area (Å²) in [5.41, 5.74) is -0.456. The Kier molecular flexibility index (Phi) is 4.71. The van der Waals surface area contributed by atoms with Crippen molar-refractivity contribution in [1.82, 2.24) is 10.0 Å². The Balaban J connectivity index is 2.82. The molecule has 0 aromatic carbocycles. The molecule has 0 fully saturated rings. The number of hydrogen-bond acceptors (Lipinski definition) is 4. The van der Waals surface area contributed by atoms with E-state index in [2.05, 4.69) is 10.0 Å². The summed E-state index contributed by atoms with van der Waals surface area (Å²) in [6.45, 7) is 9.10. The van der Waals surface area contributed by atoms with E-state index in [4.69, 9.17) is 0 Å². The van der Waals surface area contributed by atoms with E-state index in [1.54, 1.807) is 11.4 Å². The maximum atomic E-state index is 12.0. The van der Waals surface area contributed by atoms with Gasteiger partial charge in [0.15, 0.2) is 0 Å². The van der Waals surface area contributed by atoms with Crippen LogP contribution in [0, 0.1) is 0 Å². The minimum absolute atomic E-state index is 0.352. The molecule has 0 atom stereocenters. The highest BCUT2D eigenvalue weighted by Crippen LogP contribution is 2.20. The summed E-state index contributed by atoms with van der Waals surface area (Å²) in [6, 6.07) is 1.72. The molecule has 6 heteroatoms. The van der Waals surface area contributed by atoms with Gasteiger partial charge in [0.25, 0.3) is 0 Å². The highest BCUT2D eigenvalue weighted by atomic mass is 32.2. The molecule has 0 radical (unpaired) electrons. The summed E-state index contributed by atoms with van der Waals surface area (Å²) < 4.78 is 26.7. The zero-order valence-electron chi connectivity index (χ0n) is 10.7. The third-order valence-electron chi connectivity index (χ3n) is 1.93. The standard InChI is InChI=1S/C11H20N2O2S2/c1-5-12-7-9-6-10(8-16-9)17(14,15)13-11(2,3)4/h6,8,12-13H,5,7H2,1-4H3. The van der Waals surface area contributed by atoms with E-state index < -0.39 is 15.6 Å². The Bertz CT molecular complexity index is 458. The lowest BCUT2D eigenvalue weighted by molar-refractivity contribution is 0.491. The molecule has 1 rings (SSSR count). The number of thiophene rings is 1. The third kappa shape index (κ3) is 4.75. The first-order chi connectivity index (χ1) is 7.74. The zero-order valence-corrected chi connectivity index (χ0v) is 12.3. The maximum absolute atomic E-state index is 12.0. The van der Waals surface area contributed by atoms with Gasteiger partial charge in [-0.05, 0) is 33.4 Å². The smallest absolute Gasteiger partial charge is 0.241 e. The summed E-state index contributed by atoms with van der Waals surface area (Å²) in [5.74, 6) is 0. The van der Waals surface area contributed by atoms with Gasteiger partial charge in [0, 0.05) is 22.3 Å². The minimum Gasteiger partial charge on any atom is -0.312 e. The fraction of sp³-hybridized carbons (Fsp3) is 0.636. The van der Waals surface area contributed by atoms with Crippen LogP contribution in [0.5, 0.6) is 0 Å². The molecule has 0 aliphatic carbocycles. The predicted octanol–water partition coefficient (Wildman–Crippen LogP) is 1.93. The monoisotopic (exact) mass is 276 g/mol. The second-order valence-electron chi connectivity index (χ2n) is 4.88. The van der Waals surface area contributed by atoms with Crippen LogP contribution in [0.3, 0.4) is 0 Å². The lowest BCUT2D eigenvalue weighted by Crippen LogP contribution is -2.40. The van der Waals surface area contributed by atoms with Crippen LogP contribution in [0.2, 0.25) is 0 Å². The predicted molar refractivity (Wildman–Crippen MR) is 71.8 cm³/mol. The van der Waals surface area contributed by atoms with Gasteiger partial charge in [-0.25, -0.2) is 13.1 Å². The second-order valence-corrected chi connectivity index (χ2v) is 7.56. The van der Waals surface area contributed by atoms with Crippen molar-refractivity contribution in [2.75, 3.05) is 6.54 Å². The van der Waals surface area contributed by atoms with Crippen molar-refractivity contribution in [2.45, 2.75) is 44.7 Å². The van der Waals surface area contributed by atoms with E-state index in [0.29, 0.717) is 11.4 Å². The van der Waals surface area contributed by atoms with Crippen molar-refractivity contribution < 1.29 is 8.42 Å². The third-order valence-corrected chi connectivity index (χ3v) is 4.75. The van der Waals surface area contributed by atoms with Gasteiger partial charge >= 0.3 is 0 Å². The molecule has 1 heterocycles. The van der Waals surface area contributed by atoms with Crippen LogP contribution in [0.4, 0.5) is 0 Å². The molecule has 0 saturated carbocycles. The Morgan fingerprint density at radius 2 is 2.00 bits per heavy atom. The van der Waals surface area contributed by atoms with Gasteiger partial charge < -0.3 is 5.32 Å². The summed E-state index contributed by atoms with van der Waals surface area (Å²) in [7, 11) is -3.39. The van der Waals surface area contributed by atoms with Crippen molar-refractivity contribution in [3.05, 3.63) is 16.3 Å². The highest BCUT2D eigenvalue weighted by Gasteiger charge is 2.22. The summed E-state index contributed by atoms with van der Waals surface area (Å²) >= 11 is 1.46. The molecular weight excluding hydrogens is 256 g/mol. The average Bonchev–Trinajstić information content (AvgIpc) is 2.59. The SMILES string of the molecule is CCNCc1cc(S(=O)(=O)NC(C)(C)C)cs1. The van der Waals surface area contributed by atoms with Crippen molar-refractivity contribution >= 4 is 21.4 Å². The first-order valence-corrected chi connectivity index (χ1v) is 7.93. The van der Waals surface area contributed by atoms with Crippen LogP contribution in [0.1, 0.15) is 32.6 Å². The van der Waals surface area contributed by atoms with Gasteiger partial charge in [-0.1, -0.05) is 6.92 Å². The lowest BCUT2D eigenvalue weighted by atomic mass is 10.1. The minimum atomic E-state index is -3.39. The molecule has 2 N–H and O–H groups in total. The first kappa shape index (κ1) is 14.6. The molecule has 1 aromatic heterocycles. The molecule has 1 aromatic rings. The molecule has 98 valence electrons. The molecule has 0 saturated heterocycles. The number of hydrogen-bond donors (Lipinski definition) is 2. The van der Waals surface area contributed by atoms with Gasteiger partial charge in [0.2, 0.25) is 10.0 Å². The Labute approximate surface area is 107 Å². The van der Waals surface area contributed by atoms with Gasteiger partial charge in [0.1, 0.15) is 0 Å². The molecule has 0 unspecified atom stereocenters. The van der Waals surface area contributed by atoms with Gasteiger partial charge in [-0.2, -0.15) is 0 Å². The van der Waals surface area contributed by atoms with Crippen molar-refractivity contribution in [3.63, 3.8) is 0 Å². The fourth-order valence-corrected chi connectivity index (χ4v) is 3.97. The lowest BCUT2D eigenvalue weighted by Gasteiger charge is -2.19. The van der Waals surface area contributed by atoms with E-state index >= 15 is 0 Å². The molecule has 0 bridgehead atoms. The van der Waals surface area contributed by atoms with Crippen LogP contribution in [0.25, 0.3) is 0 Å². The summed E-state index contributed by atoms with van der Waals surface area (Å²) in [6.07, 6.45) is 0. The summed E-state index contributed by atoms with van der Waals surface area (Å²) in [4.78, 5) is 1.38. The van der Waals surface area contributed by atoms with E-state index in [9.17, 15) is 8.42 Å². The number of nitrogens with one attached hydrogen (secondary N) is 2. The quantitative estimate of drug-likeness (QED) is 0.864. The first-order valence-electron chi connectivity index (χ1n) is 5.57. The summed E-state index contributed by atoms with van der Waals surface area (Å²) in [5, 5.41) is 4.85. The Hall–Kier alpha value is -0.430. The maximum Gasteiger partial charge on any atom is 0.241 e. The van der Waals surface area contributed by atoms with E-state index in [1.165, 1.54) is 11.3 Å². The van der Waals surface area contributed by atoms with Crippen LogP contribution in [0.15, 0.2) is 16.3 Å². The van der Waals surface area contributed by atoms with Crippen LogP contribution < -0.4 is 10.0 Å². The van der Waals surface area contributed by atoms with E-state index in [0.717, 1.165) is 11.4 Å². The van der Waals surface area contributed by atoms with Crippen LogP contribution in [-0.4, -0.2) is 20.5 Å². The molecule has 0 aliphatic heterocycles. The highest BCUT2D eigenvalue weighted by molar-refractivity contribution is 7.89. The molecule has 0 amide bonds. The van der Waals surface area contributed by atoms with E-state index in [-0.39, 0.29) is 0 Å². The molecule has 17 heavy (non-hydrogen) atoms. The number of sulfonamides is 1. The van der Waals surface area contributed by atoms with Crippen molar-refractivity contribution in [1.29, 1.82) is 0 Å². The molecular formula is C11H20N2O2S2. The fourth-order valence-electron chi connectivity index (χ4n) is 1.30. The average molecular weight is 276 g/mol. The van der Waals surface area contributed by atoms with Crippen LogP contribution in [-0.2, 0) is 16.6 Å². The Morgan fingerprint density at radius 1 is 1.35 bits per heavy atom. The molecule has 0 aliphatic rings. The van der Waals surface area contributed by atoms with E-state index in [1.807, 2.05) is 27.7 Å². The van der Waals surface area contributed by atoms with Gasteiger partial charge in [-0.3, -0.25) is 0 Å². The normalized spacial score (nSPS) is 12.9. The van der Waals surface area contributed by atoms with Crippen molar-refractivity contribution in [2.24, 2.45) is 0 Å². The molecule has 0 spiro atoms. The van der Waals surface area contributed by atoms with Gasteiger partial charge in [0.05, 0.1) is 4.90 Å². The zero-order chi connectivity index (χ0) is 13.1. The van der Waals surface area contributed by atoms with Gasteiger partial charge in [-0.15, -0.1) is 11.3 Å². The molecule has 4 nitrogen and oxygen atoms in total.